The van der Waals surface area contributed by atoms with E-state index in [0.29, 0.717) is 19.4 Å². The van der Waals surface area contributed by atoms with Crippen LogP contribution < -0.4 is 5.32 Å². The number of Topliss-reactive ketones (excluding diaryl/α,β-unsaturated/α-hetero) is 1. The normalized spacial score (nSPS) is 23.0. The number of rotatable bonds is 5. The number of aldehydes is 1. The lowest BCUT2D eigenvalue weighted by atomic mass is 10.0. The van der Waals surface area contributed by atoms with E-state index in [4.69, 9.17) is 9.84 Å². The van der Waals surface area contributed by atoms with Gasteiger partial charge >= 0.3 is 5.97 Å². The third-order valence-corrected chi connectivity index (χ3v) is 1.97. The maximum Gasteiger partial charge on any atom is 0.372 e. The van der Waals surface area contributed by atoms with Crippen molar-refractivity contribution in [1.29, 1.82) is 0 Å². The minimum Gasteiger partial charge on any atom is -0.476 e. The van der Waals surface area contributed by atoms with Crippen LogP contribution in [0.15, 0.2) is 0 Å². The van der Waals surface area contributed by atoms with E-state index in [1.165, 1.54) is 0 Å². The molecule has 0 saturated carbocycles. The summed E-state index contributed by atoms with van der Waals surface area (Å²) in [6.45, 7) is 1.08. The van der Waals surface area contributed by atoms with Gasteiger partial charge in [-0.1, -0.05) is 0 Å². The molecular formula is C8H11NO5. The zero-order valence-corrected chi connectivity index (χ0v) is 7.43. The predicted octanol–water partition coefficient (Wildman–Crippen LogP) is -1.21. The maximum atomic E-state index is 10.8. The molecule has 1 rings (SSSR count). The summed E-state index contributed by atoms with van der Waals surface area (Å²) >= 11 is 0. The number of carboxylic acid groups (broad SMARTS) is 1. The summed E-state index contributed by atoms with van der Waals surface area (Å²) in [7, 11) is 0. The number of ether oxygens (including phenoxy) is 1. The van der Waals surface area contributed by atoms with Crippen LogP contribution >= 0.6 is 0 Å². The van der Waals surface area contributed by atoms with Gasteiger partial charge < -0.3 is 14.6 Å². The van der Waals surface area contributed by atoms with Gasteiger partial charge in [0.15, 0.2) is 0 Å². The number of carbonyl (C=O) groups is 3. The van der Waals surface area contributed by atoms with Crippen LogP contribution in [0.1, 0.15) is 6.42 Å². The summed E-state index contributed by atoms with van der Waals surface area (Å²) in [5, 5.41) is 11.2. The summed E-state index contributed by atoms with van der Waals surface area (Å²) < 4.78 is 5.10. The Morgan fingerprint density at radius 2 is 2.36 bits per heavy atom. The molecule has 0 aliphatic carbocycles. The van der Waals surface area contributed by atoms with E-state index in [9.17, 15) is 14.4 Å². The standard InChI is InChI=1S/C8H11NO5/c10-4-5(3-6(11)8(12)13)7-9-1-2-14-7/h4-5,7,9H,1-3H2,(H,12,13). The lowest BCUT2D eigenvalue weighted by Crippen LogP contribution is -2.35. The number of carbonyl (C=O) groups excluding carboxylic acids is 2. The van der Waals surface area contributed by atoms with Crippen LogP contribution in [0.25, 0.3) is 0 Å². The van der Waals surface area contributed by atoms with Crippen LogP contribution in [0.4, 0.5) is 0 Å². The SMILES string of the molecule is O=CC(CC(=O)C(=O)O)C1NCCO1. The van der Waals surface area contributed by atoms with Gasteiger partial charge in [-0.15, -0.1) is 0 Å². The summed E-state index contributed by atoms with van der Waals surface area (Å²) in [5.74, 6) is -3.21. The number of hydrogen-bond donors (Lipinski definition) is 2. The number of aliphatic carboxylic acids is 1. The van der Waals surface area contributed by atoms with Crippen molar-refractivity contribution in [2.24, 2.45) is 5.92 Å². The predicted molar refractivity (Wildman–Crippen MR) is 44.6 cm³/mol. The van der Waals surface area contributed by atoms with E-state index >= 15 is 0 Å². The van der Waals surface area contributed by atoms with Crippen molar-refractivity contribution >= 4 is 18.0 Å². The van der Waals surface area contributed by atoms with E-state index in [-0.39, 0.29) is 6.42 Å². The topological polar surface area (TPSA) is 92.7 Å². The van der Waals surface area contributed by atoms with Gasteiger partial charge in [0, 0.05) is 13.0 Å². The van der Waals surface area contributed by atoms with Crippen LogP contribution in [0.5, 0.6) is 0 Å². The molecule has 1 aliphatic rings. The molecule has 0 bridgehead atoms. The molecule has 2 unspecified atom stereocenters. The minimum absolute atomic E-state index is 0.323. The second kappa shape index (κ2) is 4.83. The highest BCUT2D eigenvalue weighted by Gasteiger charge is 2.29. The quantitative estimate of drug-likeness (QED) is 0.428. The Morgan fingerprint density at radius 3 is 2.79 bits per heavy atom. The van der Waals surface area contributed by atoms with Crippen molar-refractivity contribution in [3.63, 3.8) is 0 Å². The first-order valence-corrected chi connectivity index (χ1v) is 4.21. The molecule has 2 atom stereocenters. The monoisotopic (exact) mass is 201 g/mol. The first kappa shape index (κ1) is 10.8. The fourth-order valence-corrected chi connectivity index (χ4v) is 1.25. The van der Waals surface area contributed by atoms with E-state index in [0.717, 1.165) is 0 Å². The van der Waals surface area contributed by atoms with Gasteiger partial charge in [-0.2, -0.15) is 0 Å². The summed E-state index contributed by atoms with van der Waals surface area (Å²) in [4.78, 5) is 31.7. The molecule has 0 aromatic rings. The Balaban J connectivity index is 2.49. The highest BCUT2D eigenvalue weighted by atomic mass is 16.5. The molecule has 0 radical (unpaired) electrons. The van der Waals surface area contributed by atoms with E-state index < -0.39 is 23.9 Å². The first-order valence-electron chi connectivity index (χ1n) is 4.21. The number of carboxylic acids is 1. The van der Waals surface area contributed by atoms with Gasteiger partial charge in [0.2, 0.25) is 5.78 Å². The Bertz CT molecular complexity index is 246. The molecule has 0 aromatic carbocycles. The molecule has 0 aromatic heterocycles. The molecule has 6 nitrogen and oxygen atoms in total. The van der Waals surface area contributed by atoms with E-state index in [2.05, 4.69) is 5.32 Å². The van der Waals surface area contributed by atoms with Crippen molar-refractivity contribution < 1.29 is 24.2 Å². The molecule has 2 N–H and O–H groups in total. The molecular weight excluding hydrogens is 190 g/mol. The van der Waals surface area contributed by atoms with Crippen LogP contribution in [0, 0.1) is 5.92 Å². The van der Waals surface area contributed by atoms with E-state index in [1.807, 2.05) is 0 Å². The van der Waals surface area contributed by atoms with Crippen molar-refractivity contribution in [2.75, 3.05) is 13.2 Å². The second-order valence-corrected chi connectivity index (χ2v) is 2.98. The summed E-state index contributed by atoms with van der Waals surface area (Å²) in [6.07, 6.45) is -0.309. The molecule has 1 aliphatic heterocycles. The van der Waals surface area contributed by atoms with Crippen LogP contribution in [-0.2, 0) is 19.1 Å². The van der Waals surface area contributed by atoms with Crippen LogP contribution in [0.3, 0.4) is 0 Å². The second-order valence-electron chi connectivity index (χ2n) is 2.98. The zero-order chi connectivity index (χ0) is 10.6. The minimum atomic E-state index is -1.52. The van der Waals surface area contributed by atoms with Crippen molar-refractivity contribution in [1.82, 2.24) is 5.32 Å². The largest absolute Gasteiger partial charge is 0.476 e. The molecule has 78 valence electrons. The maximum absolute atomic E-state index is 10.8. The molecule has 6 heteroatoms. The fraction of sp³-hybridized carbons (Fsp3) is 0.625. The lowest BCUT2D eigenvalue weighted by molar-refractivity contribution is -0.150. The Morgan fingerprint density at radius 1 is 1.64 bits per heavy atom. The number of hydrogen-bond acceptors (Lipinski definition) is 5. The van der Waals surface area contributed by atoms with E-state index in [1.54, 1.807) is 0 Å². The van der Waals surface area contributed by atoms with Crippen molar-refractivity contribution in [3.05, 3.63) is 0 Å². The smallest absolute Gasteiger partial charge is 0.372 e. The van der Waals surface area contributed by atoms with Gasteiger partial charge in [0.1, 0.15) is 12.5 Å². The van der Waals surface area contributed by atoms with Gasteiger partial charge in [-0.3, -0.25) is 10.1 Å². The first-order chi connectivity index (χ1) is 6.65. The molecule has 0 amide bonds. The van der Waals surface area contributed by atoms with Crippen molar-refractivity contribution in [2.45, 2.75) is 12.6 Å². The highest BCUT2D eigenvalue weighted by molar-refractivity contribution is 6.32. The Hall–Kier alpha value is -1.27. The van der Waals surface area contributed by atoms with Gasteiger partial charge in [0.05, 0.1) is 12.5 Å². The fourth-order valence-electron chi connectivity index (χ4n) is 1.25. The summed E-state index contributed by atoms with van der Waals surface area (Å²) in [5.41, 5.74) is 0. The van der Waals surface area contributed by atoms with Gasteiger partial charge in [-0.05, 0) is 0 Å². The highest BCUT2D eigenvalue weighted by Crippen LogP contribution is 2.11. The molecule has 0 spiro atoms. The average Bonchev–Trinajstić information content (AvgIpc) is 2.66. The Kier molecular flexibility index (Phi) is 3.73. The summed E-state index contributed by atoms with van der Waals surface area (Å²) in [6, 6.07) is 0. The van der Waals surface area contributed by atoms with Crippen LogP contribution in [-0.4, -0.2) is 42.5 Å². The third-order valence-electron chi connectivity index (χ3n) is 1.97. The molecule has 14 heavy (non-hydrogen) atoms. The number of nitrogens with one attached hydrogen (secondary N) is 1. The lowest BCUT2D eigenvalue weighted by Gasteiger charge is -2.15. The number of ketones is 1. The van der Waals surface area contributed by atoms with Gasteiger partial charge in [-0.25, -0.2) is 4.79 Å². The van der Waals surface area contributed by atoms with Crippen LogP contribution in [0.2, 0.25) is 0 Å². The van der Waals surface area contributed by atoms with Gasteiger partial charge in [0.25, 0.3) is 0 Å². The zero-order valence-electron chi connectivity index (χ0n) is 7.43. The average molecular weight is 201 g/mol. The molecule has 1 fully saturated rings. The molecule has 1 heterocycles. The third kappa shape index (κ3) is 2.61. The Labute approximate surface area is 80.2 Å². The molecule has 1 saturated heterocycles. The van der Waals surface area contributed by atoms with Crippen molar-refractivity contribution in [3.8, 4) is 0 Å².